The van der Waals surface area contributed by atoms with Crippen molar-refractivity contribution in [1.82, 2.24) is 5.16 Å². The molecule has 0 aromatic carbocycles. The predicted octanol–water partition coefficient (Wildman–Crippen LogP) is 4.50. The number of amides is 1. The van der Waals surface area contributed by atoms with Gasteiger partial charge in [-0.2, -0.15) is 0 Å². The van der Waals surface area contributed by atoms with Crippen molar-refractivity contribution in [2.24, 2.45) is 17.3 Å². The maximum Gasteiger partial charge on any atom is 0.229 e. The van der Waals surface area contributed by atoms with Crippen molar-refractivity contribution in [3.05, 3.63) is 22.4 Å². The lowest BCUT2D eigenvalue weighted by atomic mass is 9.93. The Labute approximate surface area is 134 Å². The highest BCUT2D eigenvalue weighted by atomic mass is 35.5. The van der Waals surface area contributed by atoms with Crippen LogP contribution in [0.1, 0.15) is 40.4 Å². The van der Waals surface area contributed by atoms with E-state index >= 15 is 0 Å². The van der Waals surface area contributed by atoms with Crippen LogP contribution in [-0.2, 0) is 10.2 Å². The molecule has 21 heavy (non-hydrogen) atoms. The second kappa shape index (κ2) is 5.33. The standard InChI is InChI=1S/C15H20Cl2N2O2/c1-14(2,3)9-7-11(19-21-9)18-13(20)12-8(6-10(16)17)15(12,4)5/h6-8,12H,1-5H3,(H,18,19,20). The molecule has 0 radical (unpaired) electrons. The van der Waals surface area contributed by atoms with Gasteiger partial charge >= 0.3 is 0 Å². The van der Waals surface area contributed by atoms with Gasteiger partial charge in [-0.3, -0.25) is 4.79 Å². The van der Waals surface area contributed by atoms with Crippen LogP contribution < -0.4 is 5.32 Å². The molecular weight excluding hydrogens is 311 g/mol. The van der Waals surface area contributed by atoms with E-state index in [1.165, 1.54) is 0 Å². The average Bonchev–Trinajstić information content (AvgIpc) is 2.70. The fraction of sp³-hybridized carbons (Fsp3) is 0.600. The van der Waals surface area contributed by atoms with Crippen molar-refractivity contribution in [2.75, 3.05) is 5.32 Å². The topological polar surface area (TPSA) is 55.1 Å². The van der Waals surface area contributed by atoms with E-state index in [1.54, 1.807) is 12.1 Å². The maximum atomic E-state index is 12.3. The SMILES string of the molecule is CC(C)(C)c1cc(NC(=O)C2C(C=C(Cl)Cl)C2(C)C)no1. The quantitative estimate of drug-likeness (QED) is 0.887. The zero-order chi connectivity index (χ0) is 16.0. The van der Waals surface area contributed by atoms with Crippen LogP contribution in [0.4, 0.5) is 5.82 Å². The van der Waals surface area contributed by atoms with Gasteiger partial charge in [-0.1, -0.05) is 63.0 Å². The number of nitrogens with one attached hydrogen (secondary N) is 1. The van der Waals surface area contributed by atoms with Gasteiger partial charge in [-0.05, 0) is 17.4 Å². The summed E-state index contributed by atoms with van der Waals surface area (Å²) in [4.78, 5) is 12.3. The van der Waals surface area contributed by atoms with Crippen LogP contribution in [0.3, 0.4) is 0 Å². The van der Waals surface area contributed by atoms with Crippen molar-refractivity contribution < 1.29 is 9.32 Å². The molecular formula is C15H20Cl2N2O2. The normalized spacial score (nSPS) is 23.6. The number of rotatable bonds is 3. The minimum absolute atomic E-state index is 0.0384. The molecule has 0 bridgehead atoms. The van der Waals surface area contributed by atoms with E-state index in [9.17, 15) is 4.79 Å². The Morgan fingerprint density at radius 2 is 2.05 bits per heavy atom. The first-order valence-corrected chi connectivity index (χ1v) is 7.60. The summed E-state index contributed by atoms with van der Waals surface area (Å²) in [5.74, 6) is 0.946. The number of hydrogen-bond acceptors (Lipinski definition) is 3. The van der Waals surface area contributed by atoms with Gasteiger partial charge in [0.2, 0.25) is 5.91 Å². The van der Waals surface area contributed by atoms with Crippen LogP contribution in [0.5, 0.6) is 0 Å². The number of carbonyl (C=O) groups excluding carboxylic acids is 1. The lowest BCUT2D eigenvalue weighted by Gasteiger charge is -2.12. The molecule has 2 rings (SSSR count). The second-order valence-electron chi connectivity index (χ2n) is 7.10. The summed E-state index contributed by atoms with van der Waals surface area (Å²) in [6.45, 7) is 10.1. The zero-order valence-electron chi connectivity index (χ0n) is 12.8. The van der Waals surface area contributed by atoms with Gasteiger partial charge in [0.25, 0.3) is 0 Å². The van der Waals surface area contributed by atoms with E-state index in [2.05, 4.69) is 10.5 Å². The van der Waals surface area contributed by atoms with Crippen molar-refractivity contribution in [3.8, 4) is 0 Å². The molecule has 1 fully saturated rings. The summed E-state index contributed by atoms with van der Waals surface area (Å²) in [6.07, 6.45) is 1.72. The fourth-order valence-electron chi connectivity index (χ4n) is 2.52. The molecule has 116 valence electrons. The van der Waals surface area contributed by atoms with E-state index < -0.39 is 0 Å². The molecule has 1 aromatic rings. The van der Waals surface area contributed by atoms with Gasteiger partial charge < -0.3 is 9.84 Å². The predicted molar refractivity (Wildman–Crippen MR) is 84.4 cm³/mol. The van der Waals surface area contributed by atoms with Gasteiger partial charge in [0.05, 0.1) is 5.92 Å². The molecule has 2 unspecified atom stereocenters. The Hall–Kier alpha value is -1.00. The molecule has 1 amide bonds. The maximum absolute atomic E-state index is 12.3. The number of allylic oxidation sites excluding steroid dienone is 1. The number of halogens is 2. The van der Waals surface area contributed by atoms with Crippen LogP contribution in [0.25, 0.3) is 0 Å². The lowest BCUT2D eigenvalue weighted by molar-refractivity contribution is -0.118. The summed E-state index contributed by atoms with van der Waals surface area (Å²) >= 11 is 11.4. The molecule has 6 heteroatoms. The number of anilines is 1. The summed E-state index contributed by atoms with van der Waals surface area (Å²) in [7, 11) is 0. The van der Waals surface area contributed by atoms with Gasteiger partial charge in [0.1, 0.15) is 10.3 Å². The molecule has 1 aromatic heterocycles. The second-order valence-corrected chi connectivity index (χ2v) is 8.10. The molecule has 0 aliphatic heterocycles. The van der Waals surface area contributed by atoms with E-state index in [0.717, 1.165) is 5.76 Å². The van der Waals surface area contributed by atoms with E-state index in [1.807, 2.05) is 34.6 Å². The molecule has 1 aliphatic rings. The Balaban J connectivity index is 2.06. The van der Waals surface area contributed by atoms with Gasteiger partial charge in [0, 0.05) is 11.5 Å². The van der Waals surface area contributed by atoms with Crippen molar-refractivity contribution in [3.63, 3.8) is 0 Å². The third-order valence-corrected chi connectivity index (χ3v) is 4.25. The van der Waals surface area contributed by atoms with Crippen LogP contribution in [0.2, 0.25) is 0 Å². The highest BCUT2D eigenvalue weighted by Gasteiger charge is 2.60. The van der Waals surface area contributed by atoms with Crippen LogP contribution in [-0.4, -0.2) is 11.1 Å². The van der Waals surface area contributed by atoms with Gasteiger partial charge in [-0.15, -0.1) is 0 Å². The van der Waals surface area contributed by atoms with Crippen LogP contribution >= 0.6 is 23.2 Å². The molecule has 1 saturated carbocycles. The summed E-state index contributed by atoms with van der Waals surface area (Å²) in [5, 5.41) is 6.69. The molecule has 1 N–H and O–H groups in total. The van der Waals surface area contributed by atoms with Crippen molar-refractivity contribution in [1.29, 1.82) is 0 Å². The molecule has 1 heterocycles. The Bertz CT molecular complexity index is 581. The smallest absolute Gasteiger partial charge is 0.229 e. The molecule has 4 nitrogen and oxygen atoms in total. The third kappa shape index (κ3) is 3.43. The van der Waals surface area contributed by atoms with E-state index in [0.29, 0.717) is 5.82 Å². The van der Waals surface area contributed by atoms with E-state index in [4.69, 9.17) is 27.7 Å². The number of hydrogen-bond donors (Lipinski definition) is 1. The number of aromatic nitrogens is 1. The monoisotopic (exact) mass is 330 g/mol. The zero-order valence-corrected chi connectivity index (χ0v) is 14.3. The van der Waals surface area contributed by atoms with Crippen LogP contribution in [0, 0.1) is 17.3 Å². The largest absolute Gasteiger partial charge is 0.359 e. The van der Waals surface area contributed by atoms with Gasteiger partial charge in [-0.25, -0.2) is 0 Å². The first kappa shape index (κ1) is 16.4. The lowest BCUT2D eigenvalue weighted by Crippen LogP contribution is -2.17. The highest BCUT2D eigenvalue weighted by molar-refractivity contribution is 6.55. The summed E-state index contributed by atoms with van der Waals surface area (Å²) in [5.41, 5.74) is -0.304. The van der Waals surface area contributed by atoms with E-state index in [-0.39, 0.29) is 33.1 Å². The van der Waals surface area contributed by atoms with Gasteiger partial charge in [0.15, 0.2) is 5.82 Å². The average molecular weight is 331 g/mol. The molecule has 1 aliphatic carbocycles. The summed E-state index contributed by atoms with van der Waals surface area (Å²) < 4.78 is 5.45. The first-order valence-electron chi connectivity index (χ1n) is 6.84. The van der Waals surface area contributed by atoms with Crippen molar-refractivity contribution in [2.45, 2.75) is 40.0 Å². The highest BCUT2D eigenvalue weighted by Crippen LogP contribution is 2.60. The molecule has 0 saturated heterocycles. The minimum atomic E-state index is -0.167. The summed E-state index contributed by atoms with van der Waals surface area (Å²) in [6, 6.07) is 1.76. The Morgan fingerprint density at radius 3 is 2.52 bits per heavy atom. The molecule has 0 spiro atoms. The fourth-order valence-corrected chi connectivity index (χ4v) is 2.79. The third-order valence-electron chi connectivity index (χ3n) is 4.00. The first-order chi connectivity index (χ1) is 9.53. The minimum Gasteiger partial charge on any atom is -0.359 e. The Kier molecular flexibility index (Phi) is 4.15. The molecule has 2 atom stereocenters. The Morgan fingerprint density at radius 1 is 1.43 bits per heavy atom. The number of nitrogens with zero attached hydrogens (tertiary/aromatic N) is 1. The van der Waals surface area contributed by atoms with Crippen molar-refractivity contribution >= 4 is 34.9 Å². The van der Waals surface area contributed by atoms with Crippen LogP contribution in [0.15, 0.2) is 21.2 Å². The number of carbonyl (C=O) groups is 1.